The normalized spacial score (nSPS) is 27.8. The van der Waals surface area contributed by atoms with Gasteiger partial charge in [-0.2, -0.15) is 4.74 Å². The molecule has 0 amide bonds. The highest BCUT2D eigenvalue weighted by Crippen LogP contribution is 2.30. The Morgan fingerprint density at radius 1 is 1.75 bits per heavy atom. The van der Waals surface area contributed by atoms with Crippen LogP contribution >= 0.6 is 0 Å². The Bertz CT molecular complexity index is 255. The molecule has 4 heteroatoms. The molecule has 1 atom stereocenters. The first-order valence-electron chi connectivity index (χ1n) is 3.94. The van der Waals surface area contributed by atoms with E-state index in [0.29, 0.717) is 11.2 Å². The van der Waals surface area contributed by atoms with Gasteiger partial charge in [-0.05, 0) is 0 Å². The van der Waals surface area contributed by atoms with Gasteiger partial charge < -0.3 is 10.3 Å². The predicted molar refractivity (Wildman–Crippen MR) is 44.1 cm³/mol. The molecule has 1 N–H and O–H groups in total. The fourth-order valence-electron chi connectivity index (χ4n) is 1.34. The van der Waals surface area contributed by atoms with E-state index in [2.05, 4.69) is 0 Å². The SMILES string of the molecule is CC1CC(C(=O)O)=[N+]([O-])C1(C)C. The first-order valence-corrected chi connectivity index (χ1v) is 3.94. The van der Waals surface area contributed by atoms with Crippen molar-refractivity contribution in [2.75, 3.05) is 0 Å². The number of rotatable bonds is 1. The maximum absolute atomic E-state index is 11.4. The molecule has 1 aliphatic rings. The van der Waals surface area contributed by atoms with Gasteiger partial charge in [-0.1, -0.05) is 6.92 Å². The summed E-state index contributed by atoms with van der Waals surface area (Å²) in [6.07, 6.45) is 0.367. The summed E-state index contributed by atoms with van der Waals surface area (Å²) in [5, 5.41) is 20.0. The lowest BCUT2D eigenvalue weighted by Gasteiger charge is -2.22. The van der Waals surface area contributed by atoms with Crippen molar-refractivity contribution >= 4 is 11.7 Å². The van der Waals surface area contributed by atoms with Crippen molar-refractivity contribution in [2.45, 2.75) is 32.7 Å². The number of aliphatic carboxylic acids is 1. The van der Waals surface area contributed by atoms with E-state index in [-0.39, 0.29) is 11.6 Å². The summed E-state index contributed by atoms with van der Waals surface area (Å²) in [6.45, 7) is 5.42. The second-order valence-corrected chi connectivity index (χ2v) is 3.81. The minimum Gasteiger partial charge on any atom is -0.623 e. The summed E-state index contributed by atoms with van der Waals surface area (Å²) in [5.41, 5.74) is -0.597. The van der Waals surface area contributed by atoms with Gasteiger partial charge in [0.25, 0.3) is 5.71 Å². The van der Waals surface area contributed by atoms with Gasteiger partial charge in [0, 0.05) is 19.8 Å². The number of carboxylic acids is 1. The van der Waals surface area contributed by atoms with Gasteiger partial charge in [-0.25, -0.2) is 4.79 Å². The standard InChI is InChI=1S/C8H13NO3/c1-5-4-6(7(10)11)9(12)8(5,2)3/h5H,4H2,1-3H3,(H,10,11). The maximum Gasteiger partial charge on any atom is 0.397 e. The van der Waals surface area contributed by atoms with Crippen molar-refractivity contribution in [3.63, 3.8) is 0 Å². The zero-order valence-electron chi connectivity index (χ0n) is 7.50. The average Bonchev–Trinajstić information content (AvgIpc) is 2.13. The molecule has 0 saturated heterocycles. The minimum absolute atomic E-state index is 0.0208. The second-order valence-electron chi connectivity index (χ2n) is 3.81. The van der Waals surface area contributed by atoms with Crippen LogP contribution in [-0.2, 0) is 4.79 Å². The molecule has 0 spiro atoms. The number of carboxylic acid groups (broad SMARTS) is 1. The minimum atomic E-state index is -1.09. The lowest BCUT2D eigenvalue weighted by Crippen LogP contribution is -2.35. The van der Waals surface area contributed by atoms with Gasteiger partial charge in [0.1, 0.15) is 0 Å². The number of carbonyl (C=O) groups is 1. The molecule has 1 aliphatic heterocycles. The van der Waals surface area contributed by atoms with Crippen molar-refractivity contribution < 1.29 is 14.6 Å². The number of hydrogen-bond acceptors (Lipinski definition) is 2. The predicted octanol–water partition coefficient (Wildman–Crippen LogP) is 0.841. The first-order chi connectivity index (χ1) is 5.37. The van der Waals surface area contributed by atoms with E-state index >= 15 is 0 Å². The Labute approximate surface area is 71.1 Å². The van der Waals surface area contributed by atoms with E-state index in [4.69, 9.17) is 5.11 Å². The van der Waals surface area contributed by atoms with Crippen LogP contribution < -0.4 is 0 Å². The first kappa shape index (κ1) is 9.03. The molecule has 1 rings (SSSR count). The number of nitrogens with zero attached hydrogens (tertiary/aromatic N) is 1. The van der Waals surface area contributed by atoms with E-state index in [9.17, 15) is 10.0 Å². The third-order valence-electron chi connectivity index (χ3n) is 2.72. The fourth-order valence-corrected chi connectivity index (χ4v) is 1.34. The topological polar surface area (TPSA) is 63.4 Å². The van der Waals surface area contributed by atoms with Gasteiger partial charge in [-0.3, -0.25) is 0 Å². The highest BCUT2D eigenvalue weighted by atomic mass is 16.5. The van der Waals surface area contributed by atoms with E-state index in [1.54, 1.807) is 13.8 Å². The molecular weight excluding hydrogens is 158 g/mol. The molecule has 0 aromatic heterocycles. The van der Waals surface area contributed by atoms with E-state index in [0.717, 1.165) is 0 Å². The van der Waals surface area contributed by atoms with Gasteiger partial charge in [0.05, 0.1) is 6.42 Å². The van der Waals surface area contributed by atoms with Crippen molar-refractivity contribution in [2.24, 2.45) is 5.92 Å². The molecule has 12 heavy (non-hydrogen) atoms. The Balaban J connectivity index is 3.06. The van der Waals surface area contributed by atoms with Crippen molar-refractivity contribution in [1.29, 1.82) is 0 Å². The van der Waals surface area contributed by atoms with Gasteiger partial charge >= 0.3 is 5.97 Å². The lowest BCUT2D eigenvalue weighted by molar-refractivity contribution is -0.538. The zero-order chi connectivity index (χ0) is 9.52. The molecule has 0 radical (unpaired) electrons. The van der Waals surface area contributed by atoms with E-state index in [1.807, 2.05) is 6.92 Å². The zero-order valence-corrected chi connectivity index (χ0v) is 7.50. The van der Waals surface area contributed by atoms with Gasteiger partial charge in [-0.15, -0.1) is 0 Å². The largest absolute Gasteiger partial charge is 0.623 e. The molecule has 68 valence electrons. The molecule has 4 nitrogen and oxygen atoms in total. The summed E-state index contributed by atoms with van der Waals surface area (Å²) in [4.78, 5) is 10.6. The van der Waals surface area contributed by atoms with Crippen LogP contribution in [0.5, 0.6) is 0 Å². The van der Waals surface area contributed by atoms with Crippen LogP contribution in [0, 0.1) is 11.1 Å². The molecular formula is C8H13NO3. The summed E-state index contributed by atoms with van der Waals surface area (Å²) in [5.74, 6) is -0.997. The fraction of sp³-hybridized carbons (Fsp3) is 0.750. The van der Waals surface area contributed by atoms with E-state index in [1.165, 1.54) is 0 Å². The number of hydrogen-bond donors (Lipinski definition) is 1. The summed E-state index contributed by atoms with van der Waals surface area (Å²) < 4.78 is 0.625. The third kappa shape index (κ3) is 1.07. The lowest BCUT2D eigenvalue weighted by atomic mass is 9.90. The maximum atomic E-state index is 11.4. The van der Waals surface area contributed by atoms with Gasteiger partial charge in [0.2, 0.25) is 0 Å². The van der Waals surface area contributed by atoms with E-state index < -0.39 is 11.5 Å². The van der Waals surface area contributed by atoms with Crippen LogP contribution in [-0.4, -0.2) is 27.1 Å². The molecule has 0 aromatic rings. The Morgan fingerprint density at radius 2 is 2.25 bits per heavy atom. The van der Waals surface area contributed by atoms with Crippen LogP contribution in [0.2, 0.25) is 0 Å². The van der Waals surface area contributed by atoms with Crippen LogP contribution in [0.15, 0.2) is 0 Å². The Morgan fingerprint density at radius 3 is 2.42 bits per heavy atom. The second kappa shape index (κ2) is 2.47. The molecule has 0 saturated carbocycles. The van der Waals surface area contributed by atoms with Crippen molar-refractivity contribution in [1.82, 2.24) is 0 Å². The monoisotopic (exact) mass is 171 g/mol. The summed E-state index contributed by atoms with van der Waals surface area (Å²) in [7, 11) is 0. The Kier molecular flexibility index (Phi) is 1.86. The Hall–Kier alpha value is -1.06. The van der Waals surface area contributed by atoms with Crippen molar-refractivity contribution in [3.05, 3.63) is 5.21 Å². The van der Waals surface area contributed by atoms with Crippen molar-refractivity contribution in [3.8, 4) is 0 Å². The molecule has 0 aromatic carbocycles. The third-order valence-corrected chi connectivity index (χ3v) is 2.72. The number of hydroxylamine groups is 1. The molecule has 1 unspecified atom stereocenters. The molecule has 0 aliphatic carbocycles. The van der Waals surface area contributed by atoms with Crippen LogP contribution in [0.1, 0.15) is 27.2 Å². The van der Waals surface area contributed by atoms with Gasteiger partial charge in [0.15, 0.2) is 5.54 Å². The molecule has 0 bridgehead atoms. The van der Waals surface area contributed by atoms with Crippen LogP contribution in [0.4, 0.5) is 0 Å². The summed E-state index contributed by atoms with van der Waals surface area (Å²) in [6, 6.07) is 0. The highest BCUT2D eigenvalue weighted by Gasteiger charge is 2.46. The smallest absolute Gasteiger partial charge is 0.397 e. The molecule has 1 heterocycles. The summed E-state index contributed by atoms with van der Waals surface area (Å²) >= 11 is 0. The quantitative estimate of drug-likeness (QED) is 0.469. The highest BCUT2D eigenvalue weighted by molar-refractivity contribution is 6.33. The van der Waals surface area contributed by atoms with Crippen LogP contribution in [0.3, 0.4) is 0 Å². The molecule has 0 fully saturated rings. The van der Waals surface area contributed by atoms with Crippen LogP contribution in [0.25, 0.3) is 0 Å². The average molecular weight is 171 g/mol.